The van der Waals surface area contributed by atoms with Crippen molar-refractivity contribution in [1.82, 2.24) is 5.32 Å². The normalized spacial score (nSPS) is 10.7. The Bertz CT molecular complexity index is 601. The highest BCUT2D eigenvalue weighted by atomic mass is 79.9. The summed E-state index contributed by atoms with van der Waals surface area (Å²) < 4.78 is 1.10. The molecule has 0 aromatic heterocycles. The van der Waals surface area contributed by atoms with Crippen molar-refractivity contribution in [3.05, 3.63) is 63.1 Å². The number of rotatable bonds is 6. The van der Waals surface area contributed by atoms with E-state index in [1.807, 2.05) is 12.1 Å². The maximum Gasteiger partial charge on any atom is 0.0471 e. The molecule has 0 heterocycles. The van der Waals surface area contributed by atoms with E-state index in [0.29, 0.717) is 0 Å². The van der Waals surface area contributed by atoms with Crippen LogP contribution in [0.1, 0.15) is 18.1 Å². The van der Waals surface area contributed by atoms with Crippen LogP contribution in [0.2, 0.25) is 5.02 Å². The van der Waals surface area contributed by atoms with Gasteiger partial charge in [-0.1, -0.05) is 52.7 Å². The zero-order valence-corrected chi connectivity index (χ0v) is 14.7. The molecule has 0 saturated carbocycles. The monoisotopic (exact) mass is 366 g/mol. The summed E-state index contributed by atoms with van der Waals surface area (Å²) >= 11 is 9.87. The van der Waals surface area contributed by atoms with Crippen LogP contribution in [0.15, 0.2) is 46.9 Å². The lowest BCUT2D eigenvalue weighted by molar-refractivity contribution is 0.727. The molecule has 2 aromatic rings. The zero-order valence-electron chi connectivity index (χ0n) is 12.4. The van der Waals surface area contributed by atoms with E-state index in [2.05, 4.69) is 70.4 Å². The third-order valence-electron chi connectivity index (χ3n) is 3.35. The van der Waals surface area contributed by atoms with Gasteiger partial charge in [-0.05, 0) is 41.9 Å². The van der Waals surface area contributed by atoms with Gasteiger partial charge in [0.15, 0.2) is 0 Å². The molecule has 112 valence electrons. The molecule has 1 N–H and O–H groups in total. The van der Waals surface area contributed by atoms with Crippen LogP contribution in [0.5, 0.6) is 0 Å². The first-order valence-corrected chi connectivity index (χ1v) is 8.22. The van der Waals surface area contributed by atoms with Crippen molar-refractivity contribution in [3.8, 4) is 0 Å². The Labute approximate surface area is 140 Å². The van der Waals surface area contributed by atoms with Gasteiger partial charge in [0.2, 0.25) is 0 Å². The van der Waals surface area contributed by atoms with Crippen LogP contribution in [-0.4, -0.2) is 13.6 Å². The minimum atomic E-state index is 0.810. The van der Waals surface area contributed by atoms with Crippen molar-refractivity contribution in [2.45, 2.75) is 20.0 Å². The third-order valence-corrected chi connectivity index (χ3v) is 4.20. The fourth-order valence-corrected chi connectivity index (χ4v) is 2.87. The maximum absolute atomic E-state index is 6.36. The summed E-state index contributed by atoms with van der Waals surface area (Å²) in [5.41, 5.74) is 3.53. The van der Waals surface area contributed by atoms with Crippen LogP contribution in [0.3, 0.4) is 0 Å². The number of anilines is 1. The highest BCUT2D eigenvalue weighted by Gasteiger charge is 2.06. The average Bonchev–Trinajstić information content (AvgIpc) is 2.46. The number of hydrogen-bond acceptors (Lipinski definition) is 2. The van der Waals surface area contributed by atoms with Crippen molar-refractivity contribution in [2.75, 3.05) is 18.5 Å². The van der Waals surface area contributed by atoms with Gasteiger partial charge in [-0.25, -0.2) is 0 Å². The molecule has 0 spiro atoms. The molecular weight excluding hydrogens is 348 g/mol. The predicted octanol–water partition coefficient (Wildman–Crippen LogP) is 4.85. The van der Waals surface area contributed by atoms with Crippen molar-refractivity contribution >= 4 is 33.2 Å². The predicted molar refractivity (Wildman–Crippen MR) is 95.1 cm³/mol. The molecule has 0 radical (unpaired) electrons. The topological polar surface area (TPSA) is 15.3 Å². The second kappa shape index (κ2) is 7.83. The zero-order chi connectivity index (χ0) is 15.2. The van der Waals surface area contributed by atoms with Crippen LogP contribution in [0.25, 0.3) is 0 Å². The van der Waals surface area contributed by atoms with Crippen LogP contribution in [0, 0.1) is 0 Å². The third kappa shape index (κ3) is 4.73. The van der Waals surface area contributed by atoms with Gasteiger partial charge >= 0.3 is 0 Å². The second-order valence-electron chi connectivity index (χ2n) is 5.04. The summed E-state index contributed by atoms with van der Waals surface area (Å²) in [7, 11) is 2.08. The van der Waals surface area contributed by atoms with Gasteiger partial charge in [-0.2, -0.15) is 0 Å². The van der Waals surface area contributed by atoms with Gasteiger partial charge in [-0.15, -0.1) is 0 Å². The molecule has 4 heteroatoms. The van der Waals surface area contributed by atoms with Crippen LogP contribution in [-0.2, 0) is 13.1 Å². The fourth-order valence-electron chi connectivity index (χ4n) is 2.18. The molecule has 0 bridgehead atoms. The van der Waals surface area contributed by atoms with Gasteiger partial charge in [0.25, 0.3) is 0 Å². The van der Waals surface area contributed by atoms with Crippen molar-refractivity contribution in [1.29, 1.82) is 0 Å². The molecule has 0 aliphatic heterocycles. The Morgan fingerprint density at radius 3 is 2.67 bits per heavy atom. The summed E-state index contributed by atoms with van der Waals surface area (Å²) in [4.78, 5) is 2.20. The molecule has 0 amide bonds. The molecule has 0 atom stereocenters. The van der Waals surface area contributed by atoms with Crippen LogP contribution >= 0.6 is 27.5 Å². The largest absolute Gasteiger partial charge is 0.370 e. The lowest BCUT2D eigenvalue weighted by Gasteiger charge is -2.20. The van der Waals surface area contributed by atoms with Crippen molar-refractivity contribution in [3.63, 3.8) is 0 Å². The van der Waals surface area contributed by atoms with Gasteiger partial charge in [0, 0.05) is 35.3 Å². The molecule has 0 saturated heterocycles. The van der Waals surface area contributed by atoms with E-state index >= 15 is 0 Å². The van der Waals surface area contributed by atoms with E-state index < -0.39 is 0 Å². The Morgan fingerprint density at radius 2 is 2.00 bits per heavy atom. The number of halogens is 2. The lowest BCUT2D eigenvalue weighted by atomic mass is 10.1. The van der Waals surface area contributed by atoms with E-state index in [0.717, 1.165) is 40.4 Å². The summed E-state index contributed by atoms with van der Waals surface area (Å²) in [5, 5.41) is 4.11. The van der Waals surface area contributed by atoms with Crippen molar-refractivity contribution in [2.24, 2.45) is 0 Å². The Kier molecular flexibility index (Phi) is 6.09. The summed E-state index contributed by atoms with van der Waals surface area (Å²) in [6.45, 7) is 4.70. The first-order chi connectivity index (χ1) is 10.1. The maximum atomic E-state index is 6.36. The Balaban J connectivity index is 2.08. The number of nitrogens with zero attached hydrogens (tertiary/aromatic N) is 1. The standard InChI is InChI=1S/C17H20BrClN2/c1-3-20-11-14-7-8-16(10-17(14)19)21(2)12-13-5-4-6-15(18)9-13/h4-10,20H,3,11-12H2,1-2H3. The van der Waals surface area contributed by atoms with Crippen LogP contribution in [0.4, 0.5) is 5.69 Å². The SMILES string of the molecule is CCNCc1ccc(N(C)Cc2cccc(Br)c2)cc1Cl. The second-order valence-corrected chi connectivity index (χ2v) is 6.36. The molecule has 2 nitrogen and oxygen atoms in total. The molecule has 0 aliphatic rings. The van der Waals surface area contributed by atoms with E-state index in [1.165, 1.54) is 5.56 Å². The van der Waals surface area contributed by atoms with Crippen LogP contribution < -0.4 is 10.2 Å². The summed E-state index contributed by atoms with van der Waals surface area (Å²) in [5.74, 6) is 0. The Hall–Kier alpha value is -1.03. The smallest absolute Gasteiger partial charge is 0.0471 e. The lowest BCUT2D eigenvalue weighted by Crippen LogP contribution is -2.17. The van der Waals surface area contributed by atoms with E-state index in [9.17, 15) is 0 Å². The number of hydrogen-bond donors (Lipinski definition) is 1. The molecule has 2 rings (SSSR count). The molecule has 0 aliphatic carbocycles. The number of nitrogens with one attached hydrogen (secondary N) is 1. The van der Waals surface area contributed by atoms with E-state index in [4.69, 9.17) is 11.6 Å². The van der Waals surface area contributed by atoms with Gasteiger partial charge in [0.1, 0.15) is 0 Å². The van der Waals surface area contributed by atoms with Crippen molar-refractivity contribution < 1.29 is 0 Å². The van der Waals surface area contributed by atoms with E-state index in [1.54, 1.807) is 0 Å². The van der Waals surface area contributed by atoms with Gasteiger partial charge < -0.3 is 10.2 Å². The minimum absolute atomic E-state index is 0.810. The number of benzene rings is 2. The first-order valence-electron chi connectivity index (χ1n) is 7.05. The fraction of sp³-hybridized carbons (Fsp3) is 0.294. The van der Waals surface area contributed by atoms with E-state index in [-0.39, 0.29) is 0 Å². The average molecular weight is 368 g/mol. The van der Waals surface area contributed by atoms with Gasteiger partial charge in [0.05, 0.1) is 0 Å². The molecule has 2 aromatic carbocycles. The quantitative estimate of drug-likeness (QED) is 0.785. The highest BCUT2D eigenvalue weighted by molar-refractivity contribution is 9.10. The molecule has 21 heavy (non-hydrogen) atoms. The first kappa shape index (κ1) is 16.3. The highest BCUT2D eigenvalue weighted by Crippen LogP contribution is 2.24. The van der Waals surface area contributed by atoms with Gasteiger partial charge in [-0.3, -0.25) is 0 Å². The molecule has 0 fully saturated rings. The minimum Gasteiger partial charge on any atom is -0.370 e. The molecule has 0 unspecified atom stereocenters. The Morgan fingerprint density at radius 1 is 1.19 bits per heavy atom. The molecular formula is C17H20BrClN2. The summed E-state index contributed by atoms with van der Waals surface area (Å²) in [6, 6.07) is 14.6. The summed E-state index contributed by atoms with van der Waals surface area (Å²) in [6.07, 6.45) is 0.